The van der Waals surface area contributed by atoms with E-state index in [0.717, 1.165) is 25.6 Å². The van der Waals surface area contributed by atoms with Gasteiger partial charge in [-0.25, -0.2) is 0 Å². The lowest BCUT2D eigenvalue weighted by atomic mass is 9.69. The minimum absolute atomic E-state index is 0.385. The highest BCUT2D eigenvalue weighted by Gasteiger charge is 2.37. The summed E-state index contributed by atoms with van der Waals surface area (Å²) in [5, 5.41) is 3.72. The third kappa shape index (κ3) is 5.22. The van der Waals surface area contributed by atoms with Gasteiger partial charge in [0.05, 0.1) is 12.2 Å². The predicted octanol–water partition coefficient (Wildman–Crippen LogP) is 3.29. The quantitative estimate of drug-likeness (QED) is 0.761. The van der Waals surface area contributed by atoms with E-state index in [1.54, 1.807) is 0 Å². The smallest absolute Gasteiger partial charge is 0.0678 e. The standard InChI is InChI=1S/C18H36N2O/c1-5-9-19-13-18(8-6-7-15(2)10-18)14-20-11-16(3)21-17(4)12-20/h15-17,19H,5-14H2,1-4H3/t15?,16-,17+,18?. The molecule has 0 aromatic rings. The fourth-order valence-corrected chi connectivity index (χ4v) is 4.55. The fraction of sp³-hybridized carbons (Fsp3) is 1.00. The van der Waals surface area contributed by atoms with Gasteiger partial charge in [-0.15, -0.1) is 0 Å². The van der Waals surface area contributed by atoms with Crippen LogP contribution in [0, 0.1) is 11.3 Å². The molecule has 1 saturated carbocycles. The van der Waals surface area contributed by atoms with Gasteiger partial charge in [0.15, 0.2) is 0 Å². The molecule has 1 N–H and O–H groups in total. The molecule has 2 unspecified atom stereocenters. The normalized spacial score (nSPS) is 38.6. The summed E-state index contributed by atoms with van der Waals surface area (Å²) in [6, 6.07) is 0. The van der Waals surface area contributed by atoms with Gasteiger partial charge < -0.3 is 10.1 Å². The number of nitrogens with zero attached hydrogens (tertiary/aromatic N) is 1. The maximum Gasteiger partial charge on any atom is 0.0678 e. The summed E-state index contributed by atoms with van der Waals surface area (Å²) >= 11 is 0. The van der Waals surface area contributed by atoms with Crippen LogP contribution in [0.15, 0.2) is 0 Å². The first-order valence-corrected chi connectivity index (χ1v) is 9.11. The van der Waals surface area contributed by atoms with Crippen molar-refractivity contribution < 1.29 is 4.74 Å². The van der Waals surface area contributed by atoms with Crippen LogP contribution in [0.25, 0.3) is 0 Å². The molecule has 0 aromatic carbocycles. The molecule has 2 rings (SSSR count). The zero-order chi connectivity index (χ0) is 15.3. The molecule has 0 radical (unpaired) electrons. The Morgan fingerprint density at radius 2 is 1.90 bits per heavy atom. The van der Waals surface area contributed by atoms with E-state index in [2.05, 4.69) is 37.9 Å². The van der Waals surface area contributed by atoms with Gasteiger partial charge in [0.2, 0.25) is 0 Å². The fourth-order valence-electron chi connectivity index (χ4n) is 4.55. The average Bonchev–Trinajstić information content (AvgIpc) is 2.37. The Kier molecular flexibility index (Phi) is 6.51. The molecule has 0 amide bonds. The van der Waals surface area contributed by atoms with E-state index in [1.165, 1.54) is 45.2 Å². The summed E-state index contributed by atoms with van der Waals surface area (Å²) in [7, 11) is 0. The molecule has 0 aromatic heterocycles. The third-order valence-electron chi connectivity index (χ3n) is 5.17. The molecule has 3 nitrogen and oxygen atoms in total. The van der Waals surface area contributed by atoms with Crippen LogP contribution in [0.5, 0.6) is 0 Å². The minimum Gasteiger partial charge on any atom is -0.373 e. The average molecular weight is 296 g/mol. The number of ether oxygens (including phenoxy) is 1. The molecule has 1 saturated heterocycles. The van der Waals surface area contributed by atoms with Crippen molar-refractivity contribution in [1.29, 1.82) is 0 Å². The summed E-state index contributed by atoms with van der Waals surface area (Å²) in [5.41, 5.74) is 0.490. The summed E-state index contributed by atoms with van der Waals surface area (Å²) < 4.78 is 5.90. The topological polar surface area (TPSA) is 24.5 Å². The molecular weight excluding hydrogens is 260 g/mol. The first-order valence-electron chi connectivity index (χ1n) is 9.11. The Labute approximate surface area is 131 Å². The number of hydrogen-bond acceptors (Lipinski definition) is 3. The van der Waals surface area contributed by atoms with Crippen LogP contribution in [0.2, 0.25) is 0 Å². The third-order valence-corrected chi connectivity index (χ3v) is 5.17. The van der Waals surface area contributed by atoms with Crippen LogP contribution < -0.4 is 5.32 Å². The zero-order valence-electron chi connectivity index (χ0n) is 14.7. The van der Waals surface area contributed by atoms with E-state index >= 15 is 0 Å². The van der Waals surface area contributed by atoms with Gasteiger partial charge in [-0.05, 0) is 51.0 Å². The summed E-state index contributed by atoms with van der Waals surface area (Å²) in [6.45, 7) is 15.0. The van der Waals surface area contributed by atoms with Crippen LogP contribution in [-0.4, -0.2) is 49.8 Å². The molecule has 1 aliphatic heterocycles. The lowest BCUT2D eigenvalue weighted by Crippen LogP contribution is -2.52. The van der Waals surface area contributed by atoms with Crippen molar-refractivity contribution in [3.8, 4) is 0 Å². The highest BCUT2D eigenvalue weighted by molar-refractivity contribution is 4.91. The van der Waals surface area contributed by atoms with E-state index in [4.69, 9.17) is 4.74 Å². The lowest BCUT2D eigenvalue weighted by Gasteiger charge is -2.46. The van der Waals surface area contributed by atoms with Gasteiger partial charge in [0.25, 0.3) is 0 Å². The highest BCUT2D eigenvalue weighted by atomic mass is 16.5. The van der Waals surface area contributed by atoms with Crippen molar-refractivity contribution in [3.05, 3.63) is 0 Å². The van der Waals surface area contributed by atoms with Gasteiger partial charge in [0.1, 0.15) is 0 Å². The zero-order valence-corrected chi connectivity index (χ0v) is 14.7. The summed E-state index contributed by atoms with van der Waals surface area (Å²) in [5.74, 6) is 0.887. The number of morpholine rings is 1. The van der Waals surface area contributed by atoms with Crippen molar-refractivity contribution in [2.75, 3.05) is 32.7 Å². The van der Waals surface area contributed by atoms with E-state index in [0.29, 0.717) is 17.6 Å². The summed E-state index contributed by atoms with van der Waals surface area (Å²) in [4.78, 5) is 2.67. The van der Waals surface area contributed by atoms with Crippen molar-refractivity contribution in [1.82, 2.24) is 10.2 Å². The van der Waals surface area contributed by atoms with Gasteiger partial charge in [0, 0.05) is 26.2 Å². The first-order chi connectivity index (χ1) is 10.0. The minimum atomic E-state index is 0.385. The molecule has 21 heavy (non-hydrogen) atoms. The molecule has 2 fully saturated rings. The number of nitrogens with one attached hydrogen (secondary N) is 1. The molecular formula is C18H36N2O. The second-order valence-electron chi connectivity index (χ2n) is 7.83. The van der Waals surface area contributed by atoms with Crippen molar-refractivity contribution in [2.24, 2.45) is 11.3 Å². The van der Waals surface area contributed by atoms with Gasteiger partial charge in [-0.1, -0.05) is 26.7 Å². The molecule has 1 heterocycles. The lowest BCUT2D eigenvalue weighted by molar-refractivity contribution is -0.0817. The summed E-state index contributed by atoms with van der Waals surface area (Å²) in [6.07, 6.45) is 7.62. The Hall–Kier alpha value is -0.120. The molecule has 0 bridgehead atoms. The van der Waals surface area contributed by atoms with E-state index < -0.39 is 0 Å². The van der Waals surface area contributed by atoms with E-state index in [9.17, 15) is 0 Å². The van der Waals surface area contributed by atoms with Gasteiger partial charge >= 0.3 is 0 Å². The van der Waals surface area contributed by atoms with Crippen LogP contribution in [0.3, 0.4) is 0 Å². The maximum absolute atomic E-state index is 5.90. The Morgan fingerprint density at radius 3 is 2.52 bits per heavy atom. The Bertz CT molecular complexity index is 300. The van der Waals surface area contributed by atoms with Crippen molar-refractivity contribution in [2.45, 2.75) is 72.0 Å². The molecule has 3 heteroatoms. The van der Waals surface area contributed by atoms with Gasteiger partial charge in [-0.3, -0.25) is 4.90 Å². The Balaban J connectivity index is 1.97. The molecule has 4 atom stereocenters. The van der Waals surface area contributed by atoms with Crippen molar-refractivity contribution >= 4 is 0 Å². The number of hydrogen-bond donors (Lipinski definition) is 1. The van der Waals surface area contributed by atoms with Crippen molar-refractivity contribution in [3.63, 3.8) is 0 Å². The van der Waals surface area contributed by atoms with Crippen LogP contribution >= 0.6 is 0 Å². The van der Waals surface area contributed by atoms with Crippen LogP contribution in [-0.2, 0) is 4.74 Å². The molecule has 1 aliphatic carbocycles. The van der Waals surface area contributed by atoms with Crippen LogP contribution in [0.4, 0.5) is 0 Å². The second kappa shape index (κ2) is 7.94. The largest absolute Gasteiger partial charge is 0.373 e. The Morgan fingerprint density at radius 1 is 1.19 bits per heavy atom. The van der Waals surface area contributed by atoms with Gasteiger partial charge in [-0.2, -0.15) is 0 Å². The van der Waals surface area contributed by atoms with E-state index in [-0.39, 0.29) is 0 Å². The molecule has 124 valence electrons. The van der Waals surface area contributed by atoms with Crippen LogP contribution in [0.1, 0.15) is 59.8 Å². The first kappa shape index (κ1) is 17.2. The van der Waals surface area contributed by atoms with E-state index in [1.807, 2.05) is 0 Å². The predicted molar refractivity (Wildman–Crippen MR) is 89.7 cm³/mol. The highest BCUT2D eigenvalue weighted by Crippen LogP contribution is 2.40. The second-order valence-corrected chi connectivity index (χ2v) is 7.83. The monoisotopic (exact) mass is 296 g/mol. The molecule has 2 aliphatic rings. The maximum atomic E-state index is 5.90. The SMILES string of the molecule is CCCNCC1(CN2C[C@@H](C)O[C@@H](C)C2)CCCC(C)C1. The number of rotatable bonds is 6. The molecule has 0 spiro atoms.